The Morgan fingerprint density at radius 3 is 0.829 bits per heavy atom. The van der Waals surface area contributed by atoms with E-state index in [4.69, 9.17) is 37.0 Å². The van der Waals surface area contributed by atoms with Crippen LogP contribution in [0.5, 0.6) is 0 Å². The van der Waals surface area contributed by atoms with Gasteiger partial charge in [-0.05, 0) is 31.6 Å². The maximum absolute atomic E-state index is 13.0. The summed E-state index contributed by atoms with van der Waals surface area (Å²) in [5, 5.41) is 10.5. The van der Waals surface area contributed by atoms with E-state index in [2.05, 4.69) is 34.6 Å². The number of carbonyl (C=O) groups is 4. The molecule has 0 aliphatic rings. The van der Waals surface area contributed by atoms with Crippen LogP contribution < -0.4 is 0 Å². The summed E-state index contributed by atoms with van der Waals surface area (Å²) >= 11 is 0. The van der Waals surface area contributed by atoms with Crippen LogP contribution in [-0.2, 0) is 65.4 Å². The minimum absolute atomic E-state index is 0.103. The first-order valence-corrected chi connectivity index (χ1v) is 36.1. The standard InChI is InChI=1S/C63H122O17P2/c1-6-9-12-15-17-18-19-26-29-33-37-42-47-61(66)74-53-59(80-63(68)49-44-39-34-30-27-24-22-20-21-23-25-28-32-36-40-45-56(4)5)55-78-82(71,72)76-51-57(64)50-75-81(69,70)77-54-58(52-73-60(65)46-41-35-14-11-8-3)79-62(67)48-43-38-31-16-13-10-7-2/h56-59,64H,6-55H2,1-5H3,(H,69,70)(H,71,72)/t57-,58+,59+/m0/s1. The Hall–Kier alpha value is -1.94. The second-order valence-electron chi connectivity index (χ2n) is 23.3. The van der Waals surface area contributed by atoms with Crippen LogP contribution in [0.2, 0.25) is 0 Å². The molecule has 0 saturated heterocycles. The average Bonchev–Trinajstić information content (AvgIpc) is 3.46. The summed E-state index contributed by atoms with van der Waals surface area (Å²) in [5.74, 6) is -1.35. The van der Waals surface area contributed by atoms with Crippen molar-refractivity contribution in [3.8, 4) is 0 Å². The molecule has 0 aliphatic carbocycles. The van der Waals surface area contributed by atoms with Gasteiger partial charge in [-0.25, -0.2) is 9.13 Å². The molecular weight excluding hydrogens is 1090 g/mol. The maximum Gasteiger partial charge on any atom is 0.472 e. The van der Waals surface area contributed by atoms with Gasteiger partial charge in [0.25, 0.3) is 0 Å². The first kappa shape index (κ1) is 80.1. The molecule has 0 aromatic rings. The monoisotopic (exact) mass is 1210 g/mol. The molecule has 17 nitrogen and oxygen atoms in total. The number of hydrogen-bond donors (Lipinski definition) is 3. The second kappa shape index (κ2) is 56.8. The Balaban J connectivity index is 5.12. The molecule has 0 fully saturated rings. The lowest BCUT2D eigenvalue weighted by atomic mass is 10.0. The number of aliphatic hydroxyl groups is 1. The van der Waals surface area contributed by atoms with Crippen LogP contribution >= 0.6 is 15.6 Å². The van der Waals surface area contributed by atoms with Gasteiger partial charge in [0.1, 0.15) is 19.3 Å². The number of hydrogen-bond acceptors (Lipinski definition) is 15. The van der Waals surface area contributed by atoms with Crippen LogP contribution in [0.4, 0.5) is 0 Å². The van der Waals surface area contributed by atoms with Gasteiger partial charge in [-0.15, -0.1) is 0 Å². The topological polar surface area (TPSA) is 237 Å². The second-order valence-corrected chi connectivity index (χ2v) is 26.2. The molecular formula is C63H122O17P2. The molecule has 486 valence electrons. The lowest BCUT2D eigenvalue weighted by Gasteiger charge is -2.21. The number of ether oxygens (including phenoxy) is 4. The molecule has 0 aliphatic heterocycles. The largest absolute Gasteiger partial charge is 0.472 e. The van der Waals surface area contributed by atoms with Crippen LogP contribution in [0.1, 0.15) is 317 Å². The number of phosphoric ester groups is 2. The van der Waals surface area contributed by atoms with E-state index in [1.54, 1.807) is 0 Å². The zero-order valence-electron chi connectivity index (χ0n) is 52.6. The minimum atomic E-state index is -4.94. The number of esters is 4. The van der Waals surface area contributed by atoms with Gasteiger partial charge < -0.3 is 33.8 Å². The molecule has 0 rings (SSSR count). The Morgan fingerprint density at radius 2 is 0.561 bits per heavy atom. The van der Waals surface area contributed by atoms with E-state index in [0.717, 1.165) is 115 Å². The van der Waals surface area contributed by atoms with Crippen LogP contribution in [0.15, 0.2) is 0 Å². The number of carbonyl (C=O) groups excluding carboxylic acids is 4. The predicted molar refractivity (Wildman–Crippen MR) is 326 cm³/mol. The van der Waals surface area contributed by atoms with Gasteiger partial charge in [-0.2, -0.15) is 0 Å². The third-order valence-corrected chi connectivity index (χ3v) is 16.4. The zero-order chi connectivity index (χ0) is 60.6. The molecule has 19 heteroatoms. The van der Waals surface area contributed by atoms with E-state index in [-0.39, 0.29) is 25.7 Å². The molecule has 0 aromatic heterocycles. The number of phosphoric acid groups is 2. The summed E-state index contributed by atoms with van der Waals surface area (Å²) in [7, 11) is -9.87. The van der Waals surface area contributed by atoms with Crippen molar-refractivity contribution in [2.24, 2.45) is 5.92 Å². The van der Waals surface area contributed by atoms with Crippen molar-refractivity contribution < 1.29 is 80.2 Å². The molecule has 0 spiro atoms. The highest BCUT2D eigenvalue weighted by Gasteiger charge is 2.30. The fourth-order valence-corrected chi connectivity index (χ4v) is 11.0. The average molecular weight is 1210 g/mol. The quantitative estimate of drug-likeness (QED) is 0.0222. The fourth-order valence-electron chi connectivity index (χ4n) is 9.41. The highest BCUT2D eigenvalue weighted by atomic mass is 31.2. The maximum atomic E-state index is 13.0. The molecule has 3 N–H and O–H groups in total. The van der Waals surface area contributed by atoms with E-state index in [9.17, 15) is 43.2 Å². The lowest BCUT2D eigenvalue weighted by Crippen LogP contribution is -2.30. The summed E-state index contributed by atoms with van der Waals surface area (Å²) in [4.78, 5) is 71.8. The normalized spacial score (nSPS) is 14.3. The lowest BCUT2D eigenvalue weighted by molar-refractivity contribution is -0.161. The first-order chi connectivity index (χ1) is 39.5. The number of rotatable bonds is 63. The van der Waals surface area contributed by atoms with Crippen LogP contribution in [-0.4, -0.2) is 96.7 Å². The molecule has 0 amide bonds. The first-order valence-electron chi connectivity index (χ1n) is 33.1. The van der Waals surface area contributed by atoms with Crippen molar-refractivity contribution in [1.29, 1.82) is 0 Å². The Kier molecular flexibility index (Phi) is 55.5. The molecule has 0 heterocycles. The zero-order valence-corrected chi connectivity index (χ0v) is 54.4. The molecule has 0 saturated carbocycles. The number of aliphatic hydroxyl groups excluding tert-OH is 1. The van der Waals surface area contributed by atoms with Gasteiger partial charge >= 0.3 is 39.5 Å². The van der Waals surface area contributed by atoms with Crippen molar-refractivity contribution in [3.05, 3.63) is 0 Å². The van der Waals surface area contributed by atoms with Crippen molar-refractivity contribution >= 4 is 39.5 Å². The summed E-state index contributed by atoms with van der Waals surface area (Å²) in [6.45, 7) is 7.08. The SMILES string of the molecule is CCCCCCCCCCCCCCC(=O)OC[C@H](COP(=O)(O)OC[C@@H](O)COP(=O)(O)OC[C@@H](COC(=O)CCCCCCC)OC(=O)CCCCCCCCC)OC(=O)CCCCCCCCCCCCCCCCCC(C)C. The van der Waals surface area contributed by atoms with Gasteiger partial charge in [-0.1, -0.05) is 266 Å². The number of unbranched alkanes of at least 4 members (excludes halogenated alkanes) is 35. The Morgan fingerprint density at radius 1 is 0.329 bits per heavy atom. The fraction of sp³-hybridized carbons (Fsp3) is 0.937. The van der Waals surface area contributed by atoms with E-state index in [1.165, 1.54) is 122 Å². The van der Waals surface area contributed by atoms with E-state index in [1.807, 2.05) is 0 Å². The van der Waals surface area contributed by atoms with E-state index in [0.29, 0.717) is 25.7 Å². The van der Waals surface area contributed by atoms with Crippen molar-refractivity contribution in [1.82, 2.24) is 0 Å². The molecule has 82 heavy (non-hydrogen) atoms. The summed E-state index contributed by atoms with van der Waals surface area (Å²) in [6.07, 6.45) is 40.8. The van der Waals surface area contributed by atoms with Gasteiger partial charge in [0.05, 0.1) is 26.4 Å². The molecule has 0 aromatic carbocycles. The minimum Gasteiger partial charge on any atom is -0.462 e. The van der Waals surface area contributed by atoms with E-state index < -0.39 is 97.5 Å². The van der Waals surface area contributed by atoms with Crippen molar-refractivity contribution in [3.63, 3.8) is 0 Å². The third kappa shape index (κ3) is 57.2. The summed E-state index contributed by atoms with van der Waals surface area (Å²) in [6, 6.07) is 0. The van der Waals surface area contributed by atoms with E-state index >= 15 is 0 Å². The molecule has 0 bridgehead atoms. The highest BCUT2D eigenvalue weighted by molar-refractivity contribution is 7.47. The van der Waals surface area contributed by atoms with Crippen molar-refractivity contribution in [2.75, 3.05) is 39.6 Å². The highest BCUT2D eigenvalue weighted by Crippen LogP contribution is 2.45. The van der Waals surface area contributed by atoms with Gasteiger partial charge in [0.2, 0.25) is 0 Å². The Bertz CT molecular complexity index is 1600. The van der Waals surface area contributed by atoms with Crippen LogP contribution in [0, 0.1) is 5.92 Å². The van der Waals surface area contributed by atoms with Gasteiger partial charge in [-0.3, -0.25) is 37.3 Å². The van der Waals surface area contributed by atoms with Crippen LogP contribution in [0.3, 0.4) is 0 Å². The van der Waals surface area contributed by atoms with Gasteiger partial charge in [0, 0.05) is 25.7 Å². The Labute approximate surface area is 498 Å². The van der Waals surface area contributed by atoms with Crippen LogP contribution in [0.25, 0.3) is 0 Å². The van der Waals surface area contributed by atoms with Gasteiger partial charge in [0.15, 0.2) is 12.2 Å². The molecule has 2 unspecified atom stereocenters. The molecule has 5 atom stereocenters. The summed E-state index contributed by atoms with van der Waals surface area (Å²) in [5.41, 5.74) is 0. The smallest absolute Gasteiger partial charge is 0.462 e. The van der Waals surface area contributed by atoms with Crippen molar-refractivity contribution in [2.45, 2.75) is 335 Å². The molecule has 0 radical (unpaired) electrons. The third-order valence-electron chi connectivity index (χ3n) is 14.5. The predicted octanol–water partition coefficient (Wildman–Crippen LogP) is 17.4. The summed E-state index contributed by atoms with van der Waals surface area (Å²) < 4.78 is 67.6.